The average Bonchev–Trinajstić information content (AvgIpc) is 3.41. The molecule has 3 N–H and O–H groups in total. The number of pyridine rings is 1. The number of fused-ring (bicyclic) bond motifs is 1. The van der Waals surface area contributed by atoms with Crippen molar-refractivity contribution in [2.75, 3.05) is 17.7 Å². The highest BCUT2D eigenvalue weighted by molar-refractivity contribution is 5.78. The molecule has 5 aromatic heterocycles. The zero-order valence-electron chi connectivity index (χ0n) is 16.7. The first kappa shape index (κ1) is 18.5. The van der Waals surface area contributed by atoms with Crippen molar-refractivity contribution in [3.63, 3.8) is 0 Å². The summed E-state index contributed by atoms with van der Waals surface area (Å²) < 4.78 is 6.89. The van der Waals surface area contributed by atoms with E-state index in [0.29, 0.717) is 51.9 Å². The smallest absolute Gasteiger partial charge is 0.162 e. The van der Waals surface area contributed by atoms with Gasteiger partial charge in [-0.3, -0.25) is 5.10 Å². The van der Waals surface area contributed by atoms with Crippen molar-refractivity contribution in [1.82, 2.24) is 39.7 Å². The molecule has 0 spiro atoms. The molecular weight excluding hydrogens is 396 g/mol. The lowest BCUT2D eigenvalue weighted by atomic mass is 10.2. The number of nitrogens with zero attached hydrogens (tertiary/aromatic N) is 7. The molecule has 0 atom stereocenters. The Balaban J connectivity index is 1.57. The first-order valence-corrected chi connectivity index (χ1v) is 9.43. The third-order valence-corrected chi connectivity index (χ3v) is 4.45. The van der Waals surface area contributed by atoms with E-state index < -0.39 is 0 Å². The van der Waals surface area contributed by atoms with Gasteiger partial charge in [-0.25, -0.2) is 24.5 Å². The average molecular weight is 414 g/mol. The van der Waals surface area contributed by atoms with E-state index >= 15 is 0 Å². The van der Waals surface area contributed by atoms with Crippen molar-refractivity contribution in [2.24, 2.45) is 0 Å². The normalized spacial score (nSPS) is 10.9. The third-order valence-electron chi connectivity index (χ3n) is 4.45. The van der Waals surface area contributed by atoms with Crippen LogP contribution in [0.15, 0.2) is 55.0 Å². The molecule has 5 aromatic rings. The quantitative estimate of drug-likeness (QED) is 0.383. The van der Waals surface area contributed by atoms with Gasteiger partial charge >= 0.3 is 0 Å². The van der Waals surface area contributed by atoms with E-state index in [1.165, 1.54) is 0 Å². The molecule has 0 aliphatic carbocycles. The maximum absolute atomic E-state index is 5.16. The lowest BCUT2D eigenvalue weighted by Crippen LogP contribution is -2.03. The van der Waals surface area contributed by atoms with Crippen molar-refractivity contribution in [2.45, 2.75) is 6.92 Å². The van der Waals surface area contributed by atoms with Crippen molar-refractivity contribution >= 4 is 28.9 Å². The number of rotatable bonds is 6. The second kappa shape index (κ2) is 7.71. The highest BCUT2D eigenvalue weighted by Crippen LogP contribution is 2.30. The van der Waals surface area contributed by atoms with Gasteiger partial charge in [0, 0.05) is 24.5 Å². The summed E-state index contributed by atoms with van der Waals surface area (Å²) in [6.45, 7) is 1.83. The van der Waals surface area contributed by atoms with Crippen LogP contribution in [0.3, 0.4) is 0 Å². The Morgan fingerprint density at radius 3 is 2.71 bits per heavy atom. The van der Waals surface area contributed by atoms with E-state index in [1.54, 1.807) is 30.2 Å². The fraction of sp³-hybridized carbons (Fsp3) is 0.100. The van der Waals surface area contributed by atoms with Crippen molar-refractivity contribution < 1.29 is 4.74 Å². The SMILES string of the molecule is COc1ccc(Nc2cc(-c3c(Nc4cc[nH]n4)nc4cccnn34)nc(C)n2)nc1. The summed E-state index contributed by atoms with van der Waals surface area (Å²) in [5.41, 5.74) is 2.01. The summed E-state index contributed by atoms with van der Waals surface area (Å²) in [4.78, 5) is 18.1. The molecule has 0 bridgehead atoms. The van der Waals surface area contributed by atoms with Crippen LogP contribution in [0.25, 0.3) is 17.0 Å². The highest BCUT2D eigenvalue weighted by Gasteiger charge is 2.18. The van der Waals surface area contributed by atoms with Gasteiger partial charge in [0.05, 0.1) is 19.0 Å². The molecule has 0 radical (unpaired) electrons. The molecular formula is C20H18N10O. The number of hydrogen-bond acceptors (Lipinski definition) is 9. The van der Waals surface area contributed by atoms with Crippen LogP contribution in [0.2, 0.25) is 0 Å². The number of ether oxygens (including phenoxy) is 1. The van der Waals surface area contributed by atoms with Gasteiger partial charge in [0.1, 0.15) is 28.9 Å². The maximum Gasteiger partial charge on any atom is 0.162 e. The number of nitrogens with one attached hydrogen (secondary N) is 3. The van der Waals surface area contributed by atoms with Crippen LogP contribution < -0.4 is 15.4 Å². The van der Waals surface area contributed by atoms with Gasteiger partial charge in [-0.1, -0.05) is 0 Å². The molecule has 31 heavy (non-hydrogen) atoms. The third kappa shape index (κ3) is 3.71. The number of hydrogen-bond donors (Lipinski definition) is 3. The Labute approximate surface area is 176 Å². The molecule has 0 aromatic carbocycles. The molecule has 0 saturated carbocycles. The van der Waals surface area contributed by atoms with E-state index in [9.17, 15) is 0 Å². The number of aromatic nitrogens is 8. The van der Waals surface area contributed by atoms with Gasteiger partial charge in [-0.2, -0.15) is 10.2 Å². The molecule has 0 saturated heterocycles. The predicted molar refractivity (Wildman–Crippen MR) is 115 cm³/mol. The number of aryl methyl sites for hydroxylation is 1. The van der Waals surface area contributed by atoms with E-state index in [2.05, 4.69) is 45.9 Å². The minimum atomic E-state index is 0.581. The molecule has 11 nitrogen and oxygen atoms in total. The summed E-state index contributed by atoms with van der Waals surface area (Å²) in [5.74, 6) is 3.71. The molecule has 0 unspecified atom stereocenters. The first-order valence-electron chi connectivity index (χ1n) is 9.43. The lowest BCUT2D eigenvalue weighted by Gasteiger charge is -2.10. The van der Waals surface area contributed by atoms with E-state index in [4.69, 9.17) is 4.74 Å². The van der Waals surface area contributed by atoms with Crippen LogP contribution in [0, 0.1) is 6.92 Å². The fourth-order valence-electron chi connectivity index (χ4n) is 3.12. The van der Waals surface area contributed by atoms with Crippen molar-refractivity contribution in [3.05, 3.63) is 60.8 Å². The second-order valence-corrected chi connectivity index (χ2v) is 6.58. The van der Waals surface area contributed by atoms with Crippen LogP contribution in [0.4, 0.5) is 23.3 Å². The van der Waals surface area contributed by atoms with Gasteiger partial charge in [0.2, 0.25) is 0 Å². The molecule has 0 aliphatic heterocycles. The Hall–Kier alpha value is -4.54. The first-order chi connectivity index (χ1) is 15.2. The number of H-pyrrole nitrogens is 1. The molecule has 5 heterocycles. The summed E-state index contributed by atoms with van der Waals surface area (Å²) in [5, 5.41) is 17.8. The Bertz CT molecular complexity index is 1330. The maximum atomic E-state index is 5.16. The zero-order chi connectivity index (χ0) is 21.2. The van der Waals surface area contributed by atoms with Crippen LogP contribution in [-0.4, -0.2) is 46.9 Å². The van der Waals surface area contributed by atoms with Gasteiger partial charge in [0.15, 0.2) is 17.3 Å². The summed E-state index contributed by atoms with van der Waals surface area (Å²) in [6, 6.07) is 11.0. The van der Waals surface area contributed by atoms with Crippen LogP contribution in [0.5, 0.6) is 5.75 Å². The number of imidazole rings is 1. The topological polar surface area (TPSA) is 131 Å². The molecule has 11 heteroatoms. The van der Waals surface area contributed by atoms with Gasteiger partial charge in [-0.15, -0.1) is 0 Å². The summed E-state index contributed by atoms with van der Waals surface area (Å²) >= 11 is 0. The Morgan fingerprint density at radius 1 is 1.00 bits per heavy atom. The fourth-order valence-corrected chi connectivity index (χ4v) is 3.12. The van der Waals surface area contributed by atoms with E-state index in [-0.39, 0.29) is 0 Å². The lowest BCUT2D eigenvalue weighted by molar-refractivity contribution is 0.413. The molecule has 154 valence electrons. The predicted octanol–water partition coefficient (Wildman–Crippen LogP) is 3.11. The van der Waals surface area contributed by atoms with Crippen molar-refractivity contribution in [3.8, 4) is 17.1 Å². The summed E-state index contributed by atoms with van der Waals surface area (Å²) in [7, 11) is 1.60. The van der Waals surface area contributed by atoms with Gasteiger partial charge in [0.25, 0.3) is 0 Å². The second-order valence-electron chi connectivity index (χ2n) is 6.58. The molecule has 0 amide bonds. The van der Waals surface area contributed by atoms with Gasteiger partial charge < -0.3 is 15.4 Å². The molecule has 0 fully saturated rings. The standard InChI is InChI=1S/C20H18N10O/c1-12-24-14(10-17(25-12)26-15-6-5-13(31-2)11-21-15)19-20(27-16-7-9-22-29-16)28-18-4-3-8-23-30(18)19/h3-11H,1-2H3,(H2,22,27,29)(H,21,24,25,26). The van der Waals surface area contributed by atoms with Crippen LogP contribution >= 0.6 is 0 Å². The molecule has 0 aliphatic rings. The highest BCUT2D eigenvalue weighted by atomic mass is 16.5. The van der Waals surface area contributed by atoms with E-state index in [1.807, 2.05) is 43.3 Å². The van der Waals surface area contributed by atoms with Crippen molar-refractivity contribution in [1.29, 1.82) is 0 Å². The van der Waals surface area contributed by atoms with Crippen LogP contribution in [-0.2, 0) is 0 Å². The van der Waals surface area contributed by atoms with Gasteiger partial charge in [-0.05, 0) is 31.2 Å². The minimum absolute atomic E-state index is 0.581. The summed E-state index contributed by atoms with van der Waals surface area (Å²) in [6.07, 6.45) is 5.07. The number of methoxy groups -OCH3 is 1. The number of anilines is 4. The number of aromatic amines is 1. The van der Waals surface area contributed by atoms with Crippen LogP contribution in [0.1, 0.15) is 5.82 Å². The zero-order valence-corrected chi connectivity index (χ0v) is 16.7. The van der Waals surface area contributed by atoms with E-state index in [0.717, 1.165) is 0 Å². The largest absolute Gasteiger partial charge is 0.495 e. The minimum Gasteiger partial charge on any atom is -0.495 e. The molecule has 5 rings (SSSR count). The monoisotopic (exact) mass is 414 g/mol. The Morgan fingerprint density at radius 2 is 1.94 bits per heavy atom. The Kier molecular flexibility index (Phi) is 4.60.